The first kappa shape index (κ1) is 12.9. The van der Waals surface area contributed by atoms with Crippen LogP contribution in [0.25, 0.3) is 0 Å². The summed E-state index contributed by atoms with van der Waals surface area (Å²) in [5.74, 6) is 0. The molecule has 0 aromatic rings. The van der Waals surface area contributed by atoms with Gasteiger partial charge in [-0.25, -0.2) is 0 Å². The van der Waals surface area contributed by atoms with Crippen molar-refractivity contribution in [2.24, 2.45) is 5.41 Å². The fourth-order valence-corrected chi connectivity index (χ4v) is 2.72. The quantitative estimate of drug-likeness (QED) is 0.543. The van der Waals surface area contributed by atoms with Gasteiger partial charge in [-0.3, -0.25) is 0 Å². The molecule has 0 amide bonds. The van der Waals surface area contributed by atoms with E-state index in [9.17, 15) is 0 Å². The number of hydrogen-bond donors (Lipinski definition) is 0. The summed E-state index contributed by atoms with van der Waals surface area (Å²) in [6.07, 6.45) is 12.2. The van der Waals surface area contributed by atoms with E-state index in [1.54, 1.807) is 0 Å². The maximum absolute atomic E-state index is 5.74. The van der Waals surface area contributed by atoms with E-state index in [2.05, 4.69) is 6.92 Å². The van der Waals surface area contributed by atoms with Crippen LogP contribution >= 0.6 is 0 Å². The second-order valence-corrected chi connectivity index (χ2v) is 5.88. The number of allylic oxidation sites excluding steroid dienone is 1. The maximum Gasteiger partial charge on any atom is 0.0878 e. The monoisotopic (exact) mass is 238 g/mol. The highest BCUT2D eigenvalue weighted by molar-refractivity contribution is 5.00. The van der Waals surface area contributed by atoms with Gasteiger partial charge in [-0.2, -0.15) is 0 Å². The van der Waals surface area contributed by atoms with Crippen molar-refractivity contribution in [1.29, 1.82) is 0 Å². The van der Waals surface area contributed by atoms with Crippen LogP contribution < -0.4 is 0 Å². The third kappa shape index (κ3) is 4.34. The number of rotatable bonds is 4. The van der Waals surface area contributed by atoms with Crippen LogP contribution in [-0.2, 0) is 9.47 Å². The van der Waals surface area contributed by atoms with Gasteiger partial charge in [0.15, 0.2) is 0 Å². The molecule has 2 fully saturated rings. The fourth-order valence-electron chi connectivity index (χ4n) is 2.72. The lowest BCUT2D eigenvalue weighted by molar-refractivity contribution is 0.0107. The van der Waals surface area contributed by atoms with Crippen molar-refractivity contribution in [3.63, 3.8) is 0 Å². The second kappa shape index (κ2) is 6.44. The third-order valence-corrected chi connectivity index (χ3v) is 4.27. The van der Waals surface area contributed by atoms with Crippen molar-refractivity contribution in [1.82, 2.24) is 0 Å². The highest BCUT2D eigenvalue weighted by Crippen LogP contribution is 2.33. The summed E-state index contributed by atoms with van der Waals surface area (Å²) in [6.45, 7) is 5.10. The highest BCUT2D eigenvalue weighted by atomic mass is 16.5. The van der Waals surface area contributed by atoms with Crippen LogP contribution in [0.5, 0.6) is 0 Å². The Morgan fingerprint density at radius 3 is 2.59 bits per heavy atom. The molecular weight excluding hydrogens is 212 g/mol. The molecule has 0 aromatic heterocycles. The zero-order chi connectivity index (χ0) is 12.0. The van der Waals surface area contributed by atoms with Gasteiger partial charge in [0.1, 0.15) is 0 Å². The van der Waals surface area contributed by atoms with Crippen LogP contribution in [-0.4, -0.2) is 19.8 Å². The van der Waals surface area contributed by atoms with Gasteiger partial charge in [0.05, 0.1) is 12.9 Å². The highest BCUT2D eigenvalue weighted by Gasteiger charge is 2.26. The van der Waals surface area contributed by atoms with Crippen LogP contribution in [0.4, 0.5) is 0 Å². The Morgan fingerprint density at radius 2 is 1.88 bits per heavy atom. The van der Waals surface area contributed by atoms with E-state index in [1.165, 1.54) is 56.9 Å². The summed E-state index contributed by atoms with van der Waals surface area (Å²) >= 11 is 0. The minimum absolute atomic E-state index is 0.448. The molecule has 0 radical (unpaired) electrons. The van der Waals surface area contributed by atoms with Crippen LogP contribution in [0.3, 0.4) is 0 Å². The summed E-state index contributed by atoms with van der Waals surface area (Å²) in [7, 11) is 0. The van der Waals surface area contributed by atoms with Crippen LogP contribution in [0.2, 0.25) is 0 Å². The van der Waals surface area contributed by atoms with E-state index in [-0.39, 0.29) is 0 Å². The molecule has 2 nitrogen and oxygen atoms in total. The standard InChI is InChI=1S/C15H26O2/c1-15(7-10-16-11-8-15)9-12-17-13-14-5-3-2-4-6-14/h13H,2-12H2,1H3. The minimum atomic E-state index is 0.448. The molecule has 2 aliphatic rings. The maximum atomic E-state index is 5.74. The van der Waals surface area contributed by atoms with E-state index in [1.807, 2.05) is 6.26 Å². The number of hydrogen-bond acceptors (Lipinski definition) is 2. The summed E-state index contributed by atoms with van der Waals surface area (Å²) < 4.78 is 11.2. The van der Waals surface area contributed by atoms with Gasteiger partial charge in [0, 0.05) is 13.2 Å². The zero-order valence-corrected chi connectivity index (χ0v) is 11.2. The molecule has 1 saturated heterocycles. The molecule has 1 heterocycles. The largest absolute Gasteiger partial charge is 0.501 e. The molecular formula is C15H26O2. The Morgan fingerprint density at radius 1 is 1.18 bits per heavy atom. The van der Waals surface area contributed by atoms with E-state index < -0.39 is 0 Å². The number of ether oxygens (including phenoxy) is 2. The first-order valence-corrected chi connectivity index (χ1v) is 7.16. The molecule has 0 unspecified atom stereocenters. The first-order valence-electron chi connectivity index (χ1n) is 7.16. The summed E-state index contributed by atoms with van der Waals surface area (Å²) in [5, 5.41) is 0. The van der Waals surface area contributed by atoms with Gasteiger partial charge >= 0.3 is 0 Å². The normalized spacial score (nSPS) is 24.4. The van der Waals surface area contributed by atoms with Crippen molar-refractivity contribution in [3.05, 3.63) is 11.8 Å². The van der Waals surface area contributed by atoms with E-state index in [0.29, 0.717) is 5.41 Å². The summed E-state index contributed by atoms with van der Waals surface area (Å²) in [4.78, 5) is 0. The van der Waals surface area contributed by atoms with Crippen LogP contribution in [0.15, 0.2) is 11.8 Å². The van der Waals surface area contributed by atoms with Crippen LogP contribution in [0, 0.1) is 5.41 Å². The molecule has 98 valence electrons. The van der Waals surface area contributed by atoms with Gasteiger partial charge in [-0.1, -0.05) is 13.3 Å². The molecule has 17 heavy (non-hydrogen) atoms. The molecule has 1 aliphatic carbocycles. The van der Waals surface area contributed by atoms with Crippen molar-refractivity contribution in [2.45, 2.75) is 58.3 Å². The van der Waals surface area contributed by atoms with Gasteiger partial charge in [0.25, 0.3) is 0 Å². The van der Waals surface area contributed by atoms with Crippen LogP contribution in [0.1, 0.15) is 58.3 Å². The molecule has 2 rings (SSSR count). The molecule has 0 aromatic carbocycles. The first-order chi connectivity index (χ1) is 8.29. The second-order valence-electron chi connectivity index (χ2n) is 5.88. The molecule has 2 heteroatoms. The SMILES string of the molecule is CC1(CCOC=C2CCCCC2)CCOCC1. The van der Waals surface area contributed by atoms with Gasteiger partial charge in [-0.05, 0) is 55.9 Å². The van der Waals surface area contributed by atoms with Crippen molar-refractivity contribution in [2.75, 3.05) is 19.8 Å². The summed E-state index contributed by atoms with van der Waals surface area (Å²) in [6, 6.07) is 0. The molecule has 0 bridgehead atoms. The predicted molar refractivity (Wildman–Crippen MR) is 69.9 cm³/mol. The third-order valence-electron chi connectivity index (χ3n) is 4.27. The lowest BCUT2D eigenvalue weighted by Crippen LogP contribution is -2.27. The molecule has 1 saturated carbocycles. The Hall–Kier alpha value is -0.500. The van der Waals surface area contributed by atoms with Crippen molar-refractivity contribution < 1.29 is 9.47 Å². The average molecular weight is 238 g/mol. The Labute approximate surface area is 105 Å². The lowest BCUT2D eigenvalue weighted by Gasteiger charge is -2.33. The summed E-state index contributed by atoms with van der Waals surface area (Å²) in [5.41, 5.74) is 1.97. The molecule has 0 atom stereocenters. The Balaban J connectivity index is 1.64. The molecule has 0 N–H and O–H groups in total. The zero-order valence-electron chi connectivity index (χ0n) is 11.2. The van der Waals surface area contributed by atoms with Crippen molar-refractivity contribution >= 4 is 0 Å². The van der Waals surface area contributed by atoms with Gasteiger partial charge in [-0.15, -0.1) is 0 Å². The predicted octanol–water partition coefficient (Wildman–Crippen LogP) is 4.06. The minimum Gasteiger partial charge on any atom is -0.501 e. The van der Waals surface area contributed by atoms with Crippen molar-refractivity contribution in [3.8, 4) is 0 Å². The smallest absolute Gasteiger partial charge is 0.0878 e. The Bertz CT molecular complexity index is 244. The average Bonchev–Trinajstić information content (AvgIpc) is 2.37. The van der Waals surface area contributed by atoms with E-state index in [4.69, 9.17) is 9.47 Å². The topological polar surface area (TPSA) is 18.5 Å². The molecule has 0 spiro atoms. The molecule has 1 aliphatic heterocycles. The van der Waals surface area contributed by atoms with E-state index >= 15 is 0 Å². The Kier molecular flexibility index (Phi) is 4.90. The fraction of sp³-hybridized carbons (Fsp3) is 0.867. The lowest BCUT2D eigenvalue weighted by atomic mass is 9.80. The van der Waals surface area contributed by atoms with Gasteiger partial charge < -0.3 is 9.47 Å². The van der Waals surface area contributed by atoms with E-state index in [0.717, 1.165) is 19.8 Å². The van der Waals surface area contributed by atoms with Gasteiger partial charge in [0.2, 0.25) is 0 Å².